The standard InChI is InChI=1S/C15H23NO3/c1-3-12-4-6-13(7-5-12)10-14(11-15(17)18)16-8-9-19-2/h4-7,14,16H,3,8-11H2,1-2H3,(H,17,18). The quantitative estimate of drug-likeness (QED) is 0.669. The fraction of sp³-hybridized carbons (Fsp3) is 0.533. The van der Waals surface area contributed by atoms with E-state index >= 15 is 0 Å². The molecule has 0 amide bonds. The van der Waals surface area contributed by atoms with Gasteiger partial charge in [0, 0.05) is 19.7 Å². The Morgan fingerprint density at radius 3 is 2.47 bits per heavy atom. The molecule has 1 atom stereocenters. The molecule has 0 heterocycles. The predicted molar refractivity (Wildman–Crippen MR) is 75.4 cm³/mol. The highest BCUT2D eigenvalue weighted by atomic mass is 16.5. The van der Waals surface area contributed by atoms with Crippen LogP contribution in [0.4, 0.5) is 0 Å². The van der Waals surface area contributed by atoms with E-state index in [1.807, 2.05) is 0 Å². The number of methoxy groups -OCH3 is 1. The average molecular weight is 265 g/mol. The van der Waals surface area contributed by atoms with Crippen molar-refractivity contribution in [2.24, 2.45) is 0 Å². The van der Waals surface area contributed by atoms with Crippen molar-refractivity contribution in [2.45, 2.75) is 32.2 Å². The predicted octanol–water partition coefficient (Wildman–Crippen LogP) is 1.87. The van der Waals surface area contributed by atoms with Gasteiger partial charge in [-0.15, -0.1) is 0 Å². The zero-order chi connectivity index (χ0) is 14.1. The van der Waals surface area contributed by atoms with Gasteiger partial charge in [-0.1, -0.05) is 31.2 Å². The minimum absolute atomic E-state index is 0.0554. The average Bonchev–Trinajstić information content (AvgIpc) is 2.39. The molecule has 2 N–H and O–H groups in total. The van der Waals surface area contributed by atoms with Gasteiger partial charge in [0.1, 0.15) is 0 Å². The molecule has 4 nitrogen and oxygen atoms in total. The first kappa shape index (κ1) is 15.7. The normalized spacial score (nSPS) is 12.3. The maximum absolute atomic E-state index is 10.9. The van der Waals surface area contributed by atoms with Crippen LogP contribution in [-0.4, -0.2) is 37.4 Å². The van der Waals surface area contributed by atoms with Crippen molar-refractivity contribution >= 4 is 5.97 Å². The van der Waals surface area contributed by atoms with Crippen LogP contribution in [0.15, 0.2) is 24.3 Å². The number of carboxylic acids is 1. The largest absolute Gasteiger partial charge is 0.481 e. The number of aryl methyl sites for hydroxylation is 1. The van der Waals surface area contributed by atoms with Crippen molar-refractivity contribution in [1.82, 2.24) is 5.32 Å². The van der Waals surface area contributed by atoms with Crippen LogP contribution in [0.2, 0.25) is 0 Å². The highest BCUT2D eigenvalue weighted by Gasteiger charge is 2.13. The van der Waals surface area contributed by atoms with Gasteiger partial charge in [0.15, 0.2) is 0 Å². The summed E-state index contributed by atoms with van der Waals surface area (Å²) in [7, 11) is 1.64. The van der Waals surface area contributed by atoms with E-state index in [1.54, 1.807) is 7.11 Å². The molecule has 1 rings (SSSR count). The summed E-state index contributed by atoms with van der Waals surface area (Å²) in [6.07, 6.45) is 1.87. The van der Waals surface area contributed by atoms with Crippen LogP contribution < -0.4 is 5.32 Å². The number of carbonyl (C=O) groups is 1. The number of aliphatic carboxylic acids is 1. The Kier molecular flexibility index (Phi) is 7.15. The molecule has 106 valence electrons. The lowest BCUT2D eigenvalue weighted by Crippen LogP contribution is -2.35. The van der Waals surface area contributed by atoms with Gasteiger partial charge >= 0.3 is 5.97 Å². The first-order valence-electron chi connectivity index (χ1n) is 6.67. The van der Waals surface area contributed by atoms with Crippen LogP contribution in [-0.2, 0) is 22.4 Å². The van der Waals surface area contributed by atoms with Crippen molar-refractivity contribution in [3.63, 3.8) is 0 Å². The highest BCUT2D eigenvalue weighted by molar-refractivity contribution is 5.67. The summed E-state index contributed by atoms with van der Waals surface area (Å²) in [5.74, 6) is -0.778. The molecule has 0 bridgehead atoms. The molecular formula is C15H23NO3. The summed E-state index contributed by atoms with van der Waals surface area (Å²) >= 11 is 0. The van der Waals surface area contributed by atoms with Crippen LogP contribution in [0.5, 0.6) is 0 Å². The van der Waals surface area contributed by atoms with Crippen LogP contribution in [0, 0.1) is 0 Å². The van der Waals surface area contributed by atoms with Crippen LogP contribution >= 0.6 is 0 Å². The fourth-order valence-electron chi connectivity index (χ4n) is 1.99. The van der Waals surface area contributed by atoms with Crippen molar-refractivity contribution in [1.29, 1.82) is 0 Å². The Morgan fingerprint density at radius 1 is 1.32 bits per heavy atom. The van der Waals surface area contributed by atoms with Gasteiger partial charge < -0.3 is 15.2 Å². The van der Waals surface area contributed by atoms with Crippen LogP contribution in [0.3, 0.4) is 0 Å². The number of benzene rings is 1. The maximum Gasteiger partial charge on any atom is 0.304 e. The van der Waals surface area contributed by atoms with Crippen molar-refractivity contribution in [2.75, 3.05) is 20.3 Å². The third-order valence-electron chi connectivity index (χ3n) is 3.07. The molecule has 4 heteroatoms. The molecule has 0 aliphatic heterocycles. The maximum atomic E-state index is 10.9. The van der Waals surface area contributed by atoms with Gasteiger partial charge in [-0.3, -0.25) is 4.79 Å². The first-order chi connectivity index (χ1) is 9.15. The Morgan fingerprint density at radius 2 is 1.95 bits per heavy atom. The van der Waals surface area contributed by atoms with E-state index in [-0.39, 0.29) is 12.5 Å². The lowest BCUT2D eigenvalue weighted by atomic mass is 10.0. The molecule has 0 radical (unpaired) electrons. The fourth-order valence-corrected chi connectivity index (χ4v) is 1.99. The molecule has 0 aromatic heterocycles. The Labute approximate surface area is 114 Å². The monoisotopic (exact) mass is 265 g/mol. The van der Waals surface area contributed by atoms with Gasteiger partial charge in [0.05, 0.1) is 13.0 Å². The second-order valence-corrected chi connectivity index (χ2v) is 4.62. The molecule has 0 aliphatic rings. The second-order valence-electron chi connectivity index (χ2n) is 4.62. The zero-order valence-electron chi connectivity index (χ0n) is 11.7. The first-order valence-corrected chi connectivity index (χ1v) is 6.67. The molecule has 0 saturated carbocycles. The summed E-state index contributed by atoms with van der Waals surface area (Å²) < 4.78 is 4.97. The third-order valence-corrected chi connectivity index (χ3v) is 3.07. The van der Waals surface area contributed by atoms with E-state index in [0.717, 1.165) is 18.4 Å². The topological polar surface area (TPSA) is 58.6 Å². The Hall–Kier alpha value is -1.39. The molecule has 0 spiro atoms. The van der Waals surface area contributed by atoms with Crippen LogP contribution in [0.25, 0.3) is 0 Å². The van der Waals surface area contributed by atoms with Gasteiger partial charge in [-0.05, 0) is 24.0 Å². The summed E-state index contributed by atoms with van der Waals surface area (Å²) in [6.45, 7) is 3.38. The van der Waals surface area contributed by atoms with Gasteiger partial charge in [0.25, 0.3) is 0 Å². The molecule has 0 fully saturated rings. The van der Waals surface area contributed by atoms with Gasteiger partial charge in [-0.25, -0.2) is 0 Å². The molecule has 1 unspecified atom stereocenters. The number of hydrogen-bond donors (Lipinski definition) is 2. The van der Waals surface area contributed by atoms with Crippen molar-refractivity contribution < 1.29 is 14.6 Å². The van der Waals surface area contributed by atoms with Gasteiger partial charge in [-0.2, -0.15) is 0 Å². The number of rotatable bonds is 9. The molecule has 1 aromatic rings. The van der Waals surface area contributed by atoms with E-state index in [2.05, 4.69) is 36.5 Å². The van der Waals surface area contributed by atoms with Crippen LogP contribution in [0.1, 0.15) is 24.5 Å². The second kappa shape index (κ2) is 8.67. The molecular weight excluding hydrogens is 242 g/mol. The Balaban J connectivity index is 2.55. The van der Waals surface area contributed by atoms with Crippen molar-refractivity contribution in [3.05, 3.63) is 35.4 Å². The van der Waals surface area contributed by atoms with Gasteiger partial charge in [0.2, 0.25) is 0 Å². The van der Waals surface area contributed by atoms with E-state index < -0.39 is 5.97 Å². The number of nitrogens with one attached hydrogen (secondary N) is 1. The summed E-state index contributed by atoms with van der Waals surface area (Å²) in [5, 5.41) is 12.2. The summed E-state index contributed by atoms with van der Waals surface area (Å²) in [4.78, 5) is 10.9. The minimum atomic E-state index is -0.778. The number of ether oxygens (including phenoxy) is 1. The van der Waals surface area contributed by atoms with Crippen molar-refractivity contribution in [3.8, 4) is 0 Å². The zero-order valence-corrected chi connectivity index (χ0v) is 11.7. The third kappa shape index (κ3) is 6.36. The summed E-state index contributed by atoms with van der Waals surface area (Å²) in [5.41, 5.74) is 2.46. The molecule has 1 aromatic carbocycles. The molecule has 0 saturated heterocycles. The highest BCUT2D eigenvalue weighted by Crippen LogP contribution is 2.09. The Bertz CT molecular complexity index is 375. The lowest BCUT2D eigenvalue weighted by molar-refractivity contribution is -0.137. The smallest absolute Gasteiger partial charge is 0.304 e. The molecule has 0 aliphatic carbocycles. The van der Waals surface area contributed by atoms with E-state index in [1.165, 1.54) is 5.56 Å². The number of carboxylic acid groups (broad SMARTS) is 1. The van der Waals surface area contributed by atoms with E-state index in [4.69, 9.17) is 9.84 Å². The SMILES string of the molecule is CCc1ccc(CC(CC(=O)O)NCCOC)cc1. The number of hydrogen-bond acceptors (Lipinski definition) is 3. The summed E-state index contributed by atoms with van der Waals surface area (Å²) in [6, 6.07) is 8.29. The molecule has 19 heavy (non-hydrogen) atoms. The minimum Gasteiger partial charge on any atom is -0.481 e. The van der Waals surface area contributed by atoms with E-state index in [0.29, 0.717) is 13.2 Å². The lowest BCUT2D eigenvalue weighted by Gasteiger charge is -2.17. The van der Waals surface area contributed by atoms with E-state index in [9.17, 15) is 4.79 Å².